The first-order valence-electron chi connectivity index (χ1n) is 10.9. The van der Waals surface area contributed by atoms with Crippen LogP contribution in [0, 0.1) is 0 Å². The topological polar surface area (TPSA) is 119 Å². The summed E-state index contributed by atoms with van der Waals surface area (Å²) in [5.41, 5.74) is 1.05. The first-order chi connectivity index (χ1) is 16.8. The maximum atomic E-state index is 13.1. The van der Waals surface area contributed by atoms with Gasteiger partial charge in [0.15, 0.2) is 17.7 Å². The Morgan fingerprint density at radius 1 is 0.914 bits per heavy atom. The molecule has 1 heterocycles. The molecule has 9 heteroatoms. The normalized spacial score (nSPS) is 13.8. The number of hydrogen-bond donors (Lipinski definition) is 2. The summed E-state index contributed by atoms with van der Waals surface area (Å²) in [7, 11) is 0. The number of hydrogen-bond acceptors (Lipinski definition) is 7. The molecule has 0 spiro atoms. The Balaban J connectivity index is 1.47. The second-order valence-electron chi connectivity index (χ2n) is 8.03. The van der Waals surface area contributed by atoms with Crippen molar-refractivity contribution in [1.82, 2.24) is 5.32 Å². The van der Waals surface area contributed by atoms with Crippen molar-refractivity contribution < 1.29 is 28.7 Å². The zero-order chi connectivity index (χ0) is 25.1. The smallest absolute Gasteiger partial charge is 0.309 e. The van der Waals surface area contributed by atoms with Crippen LogP contribution in [0.5, 0.6) is 0 Å². The lowest BCUT2D eigenvalue weighted by atomic mass is 9.83. The Morgan fingerprint density at radius 3 is 2.26 bits per heavy atom. The molecule has 2 N–H and O–H groups in total. The molecule has 1 aromatic heterocycles. The van der Waals surface area contributed by atoms with Gasteiger partial charge in [0, 0.05) is 28.5 Å². The van der Waals surface area contributed by atoms with Crippen molar-refractivity contribution in [2.75, 3.05) is 5.32 Å². The fourth-order valence-corrected chi connectivity index (χ4v) is 4.68. The SMILES string of the molecule is CC(=O)NC(CC(=O)OC(C)C(=O)Nc1cccc2c1C(=O)c1ccccc1C2=O)c1cccs1. The molecule has 0 saturated carbocycles. The molecular weight excluding hydrogens is 468 g/mol. The molecule has 0 bridgehead atoms. The van der Waals surface area contributed by atoms with E-state index in [2.05, 4.69) is 10.6 Å². The van der Waals surface area contributed by atoms with Crippen LogP contribution in [0.4, 0.5) is 5.69 Å². The zero-order valence-electron chi connectivity index (χ0n) is 19.0. The monoisotopic (exact) mass is 490 g/mol. The summed E-state index contributed by atoms with van der Waals surface area (Å²) in [6, 6.07) is 14.2. The van der Waals surface area contributed by atoms with Crippen LogP contribution in [0.3, 0.4) is 0 Å². The third-order valence-corrected chi connectivity index (χ3v) is 6.51. The van der Waals surface area contributed by atoms with E-state index in [-0.39, 0.29) is 46.3 Å². The van der Waals surface area contributed by atoms with Crippen LogP contribution >= 0.6 is 11.3 Å². The summed E-state index contributed by atoms with van der Waals surface area (Å²) in [6.45, 7) is 2.76. The van der Waals surface area contributed by atoms with Crippen LogP contribution in [0.2, 0.25) is 0 Å². The van der Waals surface area contributed by atoms with Gasteiger partial charge in [0.25, 0.3) is 5.91 Å². The van der Waals surface area contributed by atoms with Crippen molar-refractivity contribution in [2.24, 2.45) is 0 Å². The average Bonchev–Trinajstić information content (AvgIpc) is 3.37. The van der Waals surface area contributed by atoms with Crippen LogP contribution in [-0.4, -0.2) is 35.5 Å². The first-order valence-corrected chi connectivity index (χ1v) is 11.8. The minimum Gasteiger partial charge on any atom is -0.452 e. The van der Waals surface area contributed by atoms with Crippen molar-refractivity contribution in [1.29, 1.82) is 0 Å². The minimum absolute atomic E-state index is 0.103. The van der Waals surface area contributed by atoms with Crippen LogP contribution < -0.4 is 10.6 Å². The van der Waals surface area contributed by atoms with E-state index in [1.807, 2.05) is 5.38 Å². The van der Waals surface area contributed by atoms with Gasteiger partial charge in [0.05, 0.1) is 23.7 Å². The lowest BCUT2D eigenvalue weighted by molar-refractivity contribution is -0.153. The van der Waals surface area contributed by atoms with Crippen LogP contribution in [-0.2, 0) is 19.1 Å². The van der Waals surface area contributed by atoms with Gasteiger partial charge < -0.3 is 15.4 Å². The highest BCUT2D eigenvalue weighted by molar-refractivity contribution is 7.10. The number of esters is 1. The van der Waals surface area contributed by atoms with E-state index in [4.69, 9.17) is 4.74 Å². The summed E-state index contributed by atoms with van der Waals surface area (Å²) >= 11 is 1.39. The number of anilines is 1. The lowest BCUT2D eigenvalue weighted by Crippen LogP contribution is -2.33. The molecule has 1 aliphatic carbocycles. The number of thiophene rings is 1. The highest BCUT2D eigenvalue weighted by Crippen LogP contribution is 2.32. The van der Waals surface area contributed by atoms with Gasteiger partial charge in [-0.2, -0.15) is 0 Å². The van der Waals surface area contributed by atoms with Gasteiger partial charge in [-0.3, -0.25) is 24.0 Å². The fraction of sp³-hybridized carbons (Fsp3) is 0.192. The van der Waals surface area contributed by atoms with Crippen molar-refractivity contribution >= 4 is 46.4 Å². The number of carbonyl (C=O) groups is 5. The molecule has 8 nitrogen and oxygen atoms in total. The molecule has 0 aliphatic heterocycles. The van der Waals surface area contributed by atoms with E-state index in [1.54, 1.807) is 42.5 Å². The molecule has 0 radical (unpaired) electrons. The molecule has 1 aliphatic rings. The number of ether oxygens (including phenoxy) is 1. The highest BCUT2D eigenvalue weighted by atomic mass is 32.1. The van der Waals surface area contributed by atoms with E-state index in [0.29, 0.717) is 5.56 Å². The summed E-state index contributed by atoms with van der Waals surface area (Å²) in [5, 5.41) is 7.15. The van der Waals surface area contributed by atoms with Crippen LogP contribution in [0.1, 0.15) is 63.0 Å². The second-order valence-corrected chi connectivity index (χ2v) is 9.01. The molecule has 2 amide bonds. The van der Waals surface area contributed by atoms with Crippen molar-refractivity contribution in [3.63, 3.8) is 0 Å². The third kappa shape index (κ3) is 5.04. The number of fused-ring (bicyclic) bond motifs is 2. The molecule has 4 rings (SSSR count). The average molecular weight is 491 g/mol. The summed E-state index contributed by atoms with van der Waals surface area (Å²) in [4.78, 5) is 63.6. The molecule has 2 atom stereocenters. The van der Waals surface area contributed by atoms with E-state index >= 15 is 0 Å². The van der Waals surface area contributed by atoms with Gasteiger partial charge in [0.2, 0.25) is 5.91 Å². The Morgan fingerprint density at radius 2 is 1.60 bits per heavy atom. The third-order valence-electron chi connectivity index (χ3n) is 5.52. The number of rotatable bonds is 7. The molecule has 0 saturated heterocycles. The number of ketones is 2. The largest absolute Gasteiger partial charge is 0.452 e. The van der Waals surface area contributed by atoms with Gasteiger partial charge in [-0.1, -0.05) is 42.5 Å². The number of nitrogens with one attached hydrogen (secondary N) is 2. The van der Waals surface area contributed by atoms with Crippen molar-refractivity contribution in [3.8, 4) is 0 Å². The van der Waals surface area contributed by atoms with E-state index in [0.717, 1.165) is 4.88 Å². The Kier molecular flexibility index (Phi) is 6.88. The maximum Gasteiger partial charge on any atom is 0.309 e. The van der Waals surface area contributed by atoms with Gasteiger partial charge in [-0.25, -0.2) is 0 Å². The number of amides is 2. The first kappa shape index (κ1) is 24.0. The second kappa shape index (κ2) is 10.0. The predicted molar refractivity (Wildman–Crippen MR) is 129 cm³/mol. The Hall–Kier alpha value is -4.11. The standard InChI is InChI=1S/C26H22N2O6S/c1-14(34-22(30)13-20(27-15(2)29)21-11-6-12-35-21)26(33)28-19-10-5-9-18-23(19)25(32)17-8-4-3-7-16(17)24(18)31/h3-12,14,20H,13H2,1-2H3,(H,27,29)(H,28,33). The van der Waals surface area contributed by atoms with Crippen molar-refractivity contribution in [3.05, 3.63) is 87.1 Å². The summed E-state index contributed by atoms with van der Waals surface area (Å²) in [6.07, 6.45) is -1.33. The number of benzene rings is 2. The highest BCUT2D eigenvalue weighted by Gasteiger charge is 2.32. The maximum absolute atomic E-state index is 13.1. The van der Waals surface area contributed by atoms with Gasteiger partial charge in [-0.15, -0.1) is 11.3 Å². The van der Waals surface area contributed by atoms with Gasteiger partial charge in [0.1, 0.15) is 0 Å². The van der Waals surface area contributed by atoms with E-state index < -0.39 is 24.0 Å². The molecule has 0 fully saturated rings. The molecule has 3 aromatic rings. The molecule has 35 heavy (non-hydrogen) atoms. The van der Waals surface area contributed by atoms with Crippen molar-refractivity contribution in [2.45, 2.75) is 32.4 Å². The van der Waals surface area contributed by atoms with Gasteiger partial charge in [-0.05, 0) is 24.4 Å². The number of carbonyl (C=O) groups excluding carboxylic acids is 5. The quantitative estimate of drug-likeness (QED) is 0.382. The van der Waals surface area contributed by atoms with Crippen LogP contribution in [0.15, 0.2) is 60.0 Å². The Bertz CT molecular complexity index is 1330. The minimum atomic E-state index is -1.18. The molecule has 178 valence electrons. The van der Waals surface area contributed by atoms with Gasteiger partial charge >= 0.3 is 5.97 Å². The van der Waals surface area contributed by atoms with Crippen LogP contribution in [0.25, 0.3) is 0 Å². The predicted octanol–water partition coefficient (Wildman–Crippen LogP) is 3.66. The van der Waals surface area contributed by atoms with E-state index in [9.17, 15) is 24.0 Å². The zero-order valence-corrected chi connectivity index (χ0v) is 19.8. The Labute approximate surface area is 205 Å². The van der Waals surface area contributed by atoms with E-state index in [1.165, 1.54) is 37.3 Å². The lowest BCUT2D eigenvalue weighted by Gasteiger charge is -2.21. The summed E-state index contributed by atoms with van der Waals surface area (Å²) in [5.74, 6) is -2.29. The molecule has 2 unspecified atom stereocenters. The summed E-state index contributed by atoms with van der Waals surface area (Å²) < 4.78 is 5.29. The molecular formula is C26H22N2O6S. The molecule has 2 aromatic carbocycles. The fourth-order valence-electron chi connectivity index (χ4n) is 3.91.